The molecule has 0 radical (unpaired) electrons. The predicted molar refractivity (Wildman–Crippen MR) is 136 cm³/mol. The largest absolute Gasteiger partial charge is 0.496 e. The number of Topliss-reactive ketones (excluding diaryl/α,β-unsaturated/α-hetero) is 1. The van der Waals surface area contributed by atoms with E-state index in [0.29, 0.717) is 34.4 Å². The molecule has 194 valence electrons. The van der Waals surface area contributed by atoms with Crippen LogP contribution in [-0.2, 0) is 23.8 Å². The van der Waals surface area contributed by atoms with Crippen LogP contribution in [0.1, 0.15) is 53.1 Å². The second-order valence-corrected chi connectivity index (χ2v) is 9.00. The van der Waals surface area contributed by atoms with E-state index in [-0.39, 0.29) is 31.3 Å². The van der Waals surface area contributed by atoms with Gasteiger partial charge >= 0.3 is 11.9 Å². The third-order valence-electron chi connectivity index (χ3n) is 6.81. The maximum absolute atomic E-state index is 13.7. The number of para-hydroxylation sites is 1. The Hall–Kier alpha value is -3.91. The number of carbonyl (C=O) groups is 3. The number of allylic oxidation sites excluding steroid dienone is 3. The molecule has 1 aliphatic heterocycles. The summed E-state index contributed by atoms with van der Waals surface area (Å²) < 4.78 is 20.8. The lowest BCUT2D eigenvalue weighted by atomic mass is 9.71. The zero-order valence-corrected chi connectivity index (χ0v) is 21.5. The van der Waals surface area contributed by atoms with Crippen LogP contribution in [0.5, 0.6) is 5.75 Å². The standard InChI is InChI=1S/C29H31NO7/c1-17-25(29(33)37-14-13-34-2)26(18-9-11-19(12-10-18)28(32)36-4)27-22(30-17)15-20(16-23(27)31)21-7-5-6-8-24(21)35-3/h5-12,20,26,30H,13-16H2,1-4H3/t20-,26+/m1/s1. The maximum atomic E-state index is 13.7. The Kier molecular flexibility index (Phi) is 8.08. The molecular formula is C29H31NO7. The number of rotatable bonds is 8. The van der Waals surface area contributed by atoms with Crippen molar-refractivity contribution in [1.29, 1.82) is 0 Å². The van der Waals surface area contributed by atoms with Gasteiger partial charge in [-0.25, -0.2) is 9.59 Å². The fraction of sp³-hybridized carbons (Fsp3) is 0.345. The number of dihydropyridines is 1. The van der Waals surface area contributed by atoms with Crippen LogP contribution in [0.3, 0.4) is 0 Å². The van der Waals surface area contributed by atoms with Crippen LogP contribution < -0.4 is 10.1 Å². The second-order valence-electron chi connectivity index (χ2n) is 9.00. The highest BCUT2D eigenvalue weighted by Crippen LogP contribution is 2.46. The highest BCUT2D eigenvalue weighted by Gasteiger charge is 2.41. The van der Waals surface area contributed by atoms with E-state index in [1.165, 1.54) is 14.2 Å². The van der Waals surface area contributed by atoms with Gasteiger partial charge in [0.15, 0.2) is 5.78 Å². The molecule has 2 aromatic rings. The van der Waals surface area contributed by atoms with Crippen molar-refractivity contribution >= 4 is 17.7 Å². The van der Waals surface area contributed by atoms with E-state index in [0.717, 1.165) is 17.0 Å². The first-order valence-corrected chi connectivity index (χ1v) is 12.1. The molecule has 0 bridgehead atoms. The Balaban J connectivity index is 1.76. The van der Waals surface area contributed by atoms with Crippen LogP contribution in [0.15, 0.2) is 71.1 Å². The molecule has 0 amide bonds. The Morgan fingerprint density at radius 1 is 0.946 bits per heavy atom. The van der Waals surface area contributed by atoms with Crippen molar-refractivity contribution in [3.05, 3.63) is 87.8 Å². The van der Waals surface area contributed by atoms with E-state index in [2.05, 4.69) is 5.32 Å². The number of methoxy groups -OCH3 is 3. The molecule has 2 aliphatic rings. The summed E-state index contributed by atoms with van der Waals surface area (Å²) in [7, 11) is 4.47. The zero-order valence-electron chi connectivity index (χ0n) is 21.5. The van der Waals surface area contributed by atoms with Crippen molar-refractivity contribution in [3.8, 4) is 5.75 Å². The predicted octanol–water partition coefficient (Wildman–Crippen LogP) is 4.03. The number of hydrogen-bond acceptors (Lipinski definition) is 8. The summed E-state index contributed by atoms with van der Waals surface area (Å²) in [6, 6.07) is 14.5. The van der Waals surface area contributed by atoms with Gasteiger partial charge in [0.2, 0.25) is 0 Å². The average molecular weight is 506 g/mol. The number of esters is 2. The molecule has 0 fully saturated rings. The summed E-state index contributed by atoms with van der Waals surface area (Å²) in [6.07, 6.45) is 0.865. The molecule has 0 unspecified atom stereocenters. The maximum Gasteiger partial charge on any atom is 0.337 e. The first kappa shape index (κ1) is 26.2. The van der Waals surface area contributed by atoms with E-state index in [1.807, 2.05) is 31.2 Å². The number of benzene rings is 2. The highest BCUT2D eigenvalue weighted by molar-refractivity contribution is 6.04. The van der Waals surface area contributed by atoms with Crippen molar-refractivity contribution < 1.29 is 33.3 Å². The second kappa shape index (κ2) is 11.4. The van der Waals surface area contributed by atoms with Gasteiger partial charge < -0.3 is 24.3 Å². The first-order valence-electron chi connectivity index (χ1n) is 12.1. The number of nitrogens with one attached hydrogen (secondary N) is 1. The van der Waals surface area contributed by atoms with Gasteiger partial charge in [-0.3, -0.25) is 4.79 Å². The van der Waals surface area contributed by atoms with Gasteiger partial charge in [-0.15, -0.1) is 0 Å². The van der Waals surface area contributed by atoms with Gasteiger partial charge in [-0.2, -0.15) is 0 Å². The highest BCUT2D eigenvalue weighted by atomic mass is 16.6. The Morgan fingerprint density at radius 2 is 1.68 bits per heavy atom. The third-order valence-corrected chi connectivity index (χ3v) is 6.81. The average Bonchev–Trinajstić information content (AvgIpc) is 2.91. The minimum atomic E-state index is -0.635. The molecular weight excluding hydrogens is 474 g/mol. The summed E-state index contributed by atoms with van der Waals surface area (Å²) >= 11 is 0. The smallest absolute Gasteiger partial charge is 0.337 e. The SMILES string of the molecule is COCCOC(=O)C1=C(C)NC2=C(C(=O)C[C@H](c3ccccc3OC)C2)[C@H]1c1ccc(C(=O)OC)cc1. The van der Waals surface area contributed by atoms with Crippen molar-refractivity contribution in [2.75, 3.05) is 34.5 Å². The molecule has 0 saturated carbocycles. The summed E-state index contributed by atoms with van der Waals surface area (Å²) in [5.41, 5.74) is 4.37. The number of ketones is 1. The van der Waals surface area contributed by atoms with Gasteiger partial charge in [-0.1, -0.05) is 30.3 Å². The van der Waals surface area contributed by atoms with E-state index >= 15 is 0 Å². The number of ether oxygens (including phenoxy) is 4. The fourth-order valence-electron chi connectivity index (χ4n) is 5.09. The summed E-state index contributed by atoms with van der Waals surface area (Å²) in [5.74, 6) is -0.998. The minimum Gasteiger partial charge on any atom is -0.496 e. The van der Waals surface area contributed by atoms with Crippen LogP contribution >= 0.6 is 0 Å². The van der Waals surface area contributed by atoms with E-state index < -0.39 is 17.9 Å². The number of carbonyl (C=O) groups excluding carboxylic acids is 3. The molecule has 0 saturated heterocycles. The van der Waals surface area contributed by atoms with Crippen LogP contribution in [-0.4, -0.2) is 52.3 Å². The topological polar surface area (TPSA) is 100 Å². The molecule has 2 atom stereocenters. The van der Waals surface area contributed by atoms with Gasteiger partial charge in [-0.05, 0) is 42.7 Å². The Labute approximate surface area is 216 Å². The van der Waals surface area contributed by atoms with Crippen molar-refractivity contribution in [2.45, 2.75) is 31.6 Å². The molecule has 1 heterocycles. The molecule has 2 aromatic carbocycles. The van der Waals surface area contributed by atoms with Gasteiger partial charge in [0.25, 0.3) is 0 Å². The lowest BCUT2D eigenvalue weighted by Gasteiger charge is -2.37. The van der Waals surface area contributed by atoms with Crippen molar-refractivity contribution in [3.63, 3.8) is 0 Å². The molecule has 0 aromatic heterocycles. The molecule has 1 aliphatic carbocycles. The Bertz CT molecular complexity index is 1260. The quantitative estimate of drug-likeness (QED) is 0.424. The molecule has 37 heavy (non-hydrogen) atoms. The summed E-state index contributed by atoms with van der Waals surface area (Å²) in [5, 5.41) is 3.34. The van der Waals surface area contributed by atoms with Gasteiger partial charge in [0.05, 0.1) is 32.0 Å². The van der Waals surface area contributed by atoms with Crippen molar-refractivity contribution in [1.82, 2.24) is 5.32 Å². The molecule has 8 nitrogen and oxygen atoms in total. The minimum absolute atomic E-state index is 0.0543. The van der Waals surface area contributed by atoms with Crippen LogP contribution in [0, 0.1) is 0 Å². The fourth-order valence-corrected chi connectivity index (χ4v) is 5.09. The Morgan fingerprint density at radius 3 is 2.35 bits per heavy atom. The number of hydrogen-bond donors (Lipinski definition) is 1. The monoisotopic (exact) mass is 505 g/mol. The molecule has 8 heteroatoms. The summed E-state index contributed by atoms with van der Waals surface area (Å²) in [4.78, 5) is 39.0. The van der Waals surface area contributed by atoms with Crippen LogP contribution in [0.2, 0.25) is 0 Å². The lowest BCUT2D eigenvalue weighted by molar-refractivity contribution is -0.140. The van der Waals surface area contributed by atoms with Crippen molar-refractivity contribution in [2.24, 2.45) is 0 Å². The van der Waals surface area contributed by atoms with E-state index in [9.17, 15) is 14.4 Å². The summed E-state index contributed by atoms with van der Waals surface area (Å²) in [6.45, 7) is 2.16. The van der Waals surface area contributed by atoms with E-state index in [4.69, 9.17) is 18.9 Å². The molecule has 0 spiro atoms. The van der Waals surface area contributed by atoms with Gasteiger partial charge in [0.1, 0.15) is 12.4 Å². The first-order chi connectivity index (χ1) is 17.9. The van der Waals surface area contributed by atoms with E-state index in [1.54, 1.807) is 31.4 Å². The van der Waals surface area contributed by atoms with Crippen LogP contribution in [0.25, 0.3) is 0 Å². The third kappa shape index (κ3) is 5.29. The lowest BCUT2D eigenvalue weighted by Crippen LogP contribution is -2.36. The zero-order chi connectivity index (χ0) is 26.5. The van der Waals surface area contributed by atoms with Crippen LogP contribution in [0.4, 0.5) is 0 Å². The molecule has 4 rings (SSSR count). The van der Waals surface area contributed by atoms with Gasteiger partial charge in [0, 0.05) is 42.3 Å². The molecule has 1 N–H and O–H groups in total. The normalized spacial score (nSPS) is 19.2.